The Morgan fingerprint density at radius 1 is 0.875 bits per heavy atom. The van der Waals surface area contributed by atoms with Gasteiger partial charge >= 0.3 is 0 Å². The number of benzene rings is 1. The van der Waals surface area contributed by atoms with Crippen molar-refractivity contribution in [1.82, 2.24) is 9.88 Å². The first-order chi connectivity index (χ1) is 11.7. The van der Waals surface area contributed by atoms with Crippen LogP contribution < -0.4 is 9.80 Å². The van der Waals surface area contributed by atoms with E-state index < -0.39 is 0 Å². The molecule has 4 rings (SSSR count). The van der Waals surface area contributed by atoms with Crippen LogP contribution in [0.15, 0.2) is 24.3 Å². The van der Waals surface area contributed by atoms with Crippen LogP contribution in [0.4, 0.5) is 11.5 Å². The van der Waals surface area contributed by atoms with Crippen LogP contribution in [-0.2, 0) is 0 Å². The van der Waals surface area contributed by atoms with Gasteiger partial charge in [0.1, 0.15) is 5.82 Å². The number of piperidine rings is 1. The van der Waals surface area contributed by atoms with Crippen molar-refractivity contribution in [3.8, 4) is 0 Å². The molecular formula is C19H25ClN4. The number of hydrogen-bond donors (Lipinski definition) is 0. The predicted octanol–water partition coefficient (Wildman–Crippen LogP) is 3.63. The number of halogens is 1. The maximum absolute atomic E-state index is 6.27. The topological polar surface area (TPSA) is 22.6 Å². The molecule has 0 saturated carbocycles. The van der Waals surface area contributed by atoms with E-state index in [-0.39, 0.29) is 0 Å². The van der Waals surface area contributed by atoms with Crippen molar-refractivity contribution in [2.45, 2.75) is 19.3 Å². The zero-order valence-electron chi connectivity index (χ0n) is 14.3. The van der Waals surface area contributed by atoms with Crippen LogP contribution >= 0.6 is 11.6 Å². The molecule has 0 N–H and O–H groups in total. The van der Waals surface area contributed by atoms with E-state index in [1.165, 1.54) is 30.3 Å². The van der Waals surface area contributed by atoms with Gasteiger partial charge in [-0.25, -0.2) is 4.98 Å². The van der Waals surface area contributed by atoms with E-state index >= 15 is 0 Å². The van der Waals surface area contributed by atoms with Crippen LogP contribution in [0.1, 0.15) is 19.3 Å². The molecule has 24 heavy (non-hydrogen) atoms. The molecule has 2 fully saturated rings. The lowest BCUT2D eigenvalue weighted by Crippen LogP contribution is -2.44. The second-order valence-electron chi connectivity index (χ2n) is 7.00. The van der Waals surface area contributed by atoms with Gasteiger partial charge in [0.05, 0.1) is 5.52 Å². The Labute approximate surface area is 149 Å². The van der Waals surface area contributed by atoms with Crippen molar-refractivity contribution in [2.24, 2.45) is 0 Å². The first kappa shape index (κ1) is 16.0. The molecule has 0 unspecified atom stereocenters. The van der Waals surface area contributed by atoms with Gasteiger partial charge < -0.3 is 14.7 Å². The van der Waals surface area contributed by atoms with E-state index in [1.54, 1.807) is 0 Å². The Balaban J connectivity index is 1.76. The van der Waals surface area contributed by atoms with Gasteiger partial charge in [-0.3, -0.25) is 0 Å². The van der Waals surface area contributed by atoms with Gasteiger partial charge in [0.25, 0.3) is 0 Å². The fourth-order valence-electron chi connectivity index (χ4n) is 3.76. The Bertz CT molecular complexity index is 719. The quantitative estimate of drug-likeness (QED) is 0.829. The van der Waals surface area contributed by atoms with Crippen molar-refractivity contribution < 1.29 is 0 Å². The van der Waals surface area contributed by atoms with Crippen molar-refractivity contribution in [3.05, 3.63) is 29.3 Å². The monoisotopic (exact) mass is 344 g/mol. The fourth-order valence-corrected chi connectivity index (χ4v) is 3.93. The normalized spacial score (nSPS) is 19.9. The van der Waals surface area contributed by atoms with Crippen LogP contribution in [0.3, 0.4) is 0 Å². The minimum Gasteiger partial charge on any atom is -0.371 e. The molecule has 0 aliphatic carbocycles. The molecule has 4 nitrogen and oxygen atoms in total. The molecule has 1 aromatic heterocycles. The highest BCUT2D eigenvalue weighted by Crippen LogP contribution is 2.33. The molecule has 2 aliphatic heterocycles. The first-order valence-electron chi connectivity index (χ1n) is 8.99. The molecule has 0 spiro atoms. The first-order valence-corrected chi connectivity index (χ1v) is 9.37. The summed E-state index contributed by atoms with van der Waals surface area (Å²) in [5.41, 5.74) is 2.35. The number of anilines is 2. The number of piperazine rings is 1. The highest BCUT2D eigenvalue weighted by atomic mass is 35.5. The number of aromatic nitrogens is 1. The number of pyridine rings is 1. The molecule has 0 radical (unpaired) electrons. The second-order valence-corrected chi connectivity index (χ2v) is 7.44. The zero-order valence-corrected chi connectivity index (χ0v) is 15.1. The largest absolute Gasteiger partial charge is 0.371 e. The van der Waals surface area contributed by atoms with Crippen LogP contribution in [0.2, 0.25) is 5.02 Å². The summed E-state index contributed by atoms with van der Waals surface area (Å²) in [6.45, 7) is 6.55. The van der Waals surface area contributed by atoms with Crippen molar-refractivity contribution >= 4 is 34.0 Å². The summed E-state index contributed by atoms with van der Waals surface area (Å²) in [4.78, 5) is 12.3. The zero-order chi connectivity index (χ0) is 16.5. The molecule has 2 aromatic rings. The van der Waals surface area contributed by atoms with Crippen LogP contribution in [-0.4, -0.2) is 56.2 Å². The summed E-state index contributed by atoms with van der Waals surface area (Å²) < 4.78 is 0. The van der Waals surface area contributed by atoms with E-state index in [9.17, 15) is 0 Å². The summed E-state index contributed by atoms with van der Waals surface area (Å²) in [5.74, 6) is 1.11. The van der Waals surface area contributed by atoms with Gasteiger partial charge in [-0.05, 0) is 44.5 Å². The standard InChI is InChI=1S/C19H25ClN4/c1-22-9-11-24(12-10-22)19-14-18(23-7-3-2-4-8-23)16-13-15(20)5-6-17(16)21-19/h5-6,13-14H,2-4,7-12H2,1H3. The Hall–Kier alpha value is -1.52. The van der Waals surface area contributed by atoms with Crippen molar-refractivity contribution in [1.29, 1.82) is 0 Å². The number of likely N-dealkylation sites (N-methyl/N-ethyl adjacent to an activating group) is 1. The lowest BCUT2D eigenvalue weighted by molar-refractivity contribution is 0.312. The number of rotatable bonds is 2. The summed E-state index contributed by atoms with van der Waals surface area (Å²) >= 11 is 6.27. The van der Waals surface area contributed by atoms with Gasteiger partial charge in [0, 0.05) is 61.4 Å². The van der Waals surface area contributed by atoms with Crippen LogP contribution in [0.25, 0.3) is 10.9 Å². The molecular weight excluding hydrogens is 320 g/mol. The average Bonchev–Trinajstić information content (AvgIpc) is 2.62. The maximum atomic E-state index is 6.27. The molecule has 0 amide bonds. The van der Waals surface area contributed by atoms with Crippen LogP contribution in [0, 0.1) is 0 Å². The van der Waals surface area contributed by atoms with E-state index in [2.05, 4.69) is 39.9 Å². The highest BCUT2D eigenvalue weighted by Gasteiger charge is 2.20. The minimum absolute atomic E-state index is 0.787. The predicted molar refractivity (Wildman–Crippen MR) is 103 cm³/mol. The molecule has 3 heterocycles. The minimum atomic E-state index is 0.787. The smallest absolute Gasteiger partial charge is 0.131 e. The van der Waals surface area contributed by atoms with E-state index in [4.69, 9.17) is 16.6 Å². The maximum Gasteiger partial charge on any atom is 0.131 e. The molecule has 5 heteroatoms. The molecule has 0 atom stereocenters. The van der Waals surface area contributed by atoms with E-state index in [1.807, 2.05) is 6.07 Å². The summed E-state index contributed by atoms with van der Waals surface area (Å²) in [6.07, 6.45) is 3.88. The molecule has 2 aliphatic rings. The van der Waals surface area contributed by atoms with Crippen molar-refractivity contribution in [2.75, 3.05) is 56.1 Å². The summed E-state index contributed by atoms with van der Waals surface area (Å²) in [6, 6.07) is 8.37. The molecule has 1 aromatic carbocycles. The third kappa shape index (κ3) is 3.17. The average molecular weight is 345 g/mol. The third-order valence-corrected chi connectivity index (χ3v) is 5.49. The second kappa shape index (κ2) is 6.77. The Morgan fingerprint density at radius 3 is 2.38 bits per heavy atom. The van der Waals surface area contributed by atoms with Gasteiger partial charge in [-0.1, -0.05) is 11.6 Å². The van der Waals surface area contributed by atoms with E-state index in [0.717, 1.165) is 55.6 Å². The van der Waals surface area contributed by atoms with E-state index in [0.29, 0.717) is 0 Å². The number of fused-ring (bicyclic) bond motifs is 1. The van der Waals surface area contributed by atoms with Gasteiger partial charge in [0.2, 0.25) is 0 Å². The molecule has 128 valence electrons. The van der Waals surface area contributed by atoms with Crippen LogP contribution in [0.5, 0.6) is 0 Å². The molecule has 2 saturated heterocycles. The number of hydrogen-bond acceptors (Lipinski definition) is 4. The lowest BCUT2D eigenvalue weighted by Gasteiger charge is -2.35. The summed E-state index contributed by atoms with van der Waals surface area (Å²) in [7, 11) is 2.19. The van der Waals surface area contributed by atoms with Gasteiger partial charge in [0.15, 0.2) is 0 Å². The summed E-state index contributed by atoms with van der Waals surface area (Å²) in [5, 5.41) is 1.97. The van der Waals surface area contributed by atoms with Gasteiger partial charge in [-0.2, -0.15) is 0 Å². The fraction of sp³-hybridized carbons (Fsp3) is 0.526. The van der Waals surface area contributed by atoms with Crippen molar-refractivity contribution in [3.63, 3.8) is 0 Å². The Kier molecular flexibility index (Phi) is 4.51. The SMILES string of the molecule is CN1CCN(c2cc(N3CCCCC3)c3cc(Cl)ccc3n2)CC1. The number of nitrogens with zero attached hydrogens (tertiary/aromatic N) is 4. The lowest BCUT2D eigenvalue weighted by atomic mass is 10.1. The third-order valence-electron chi connectivity index (χ3n) is 5.26. The molecule has 0 bridgehead atoms. The Morgan fingerprint density at radius 2 is 1.62 bits per heavy atom. The highest BCUT2D eigenvalue weighted by molar-refractivity contribution is 6.31. The van der Waals surface area contributed by atoms with Gasteiger partial charge in [-0.15, -0.1) is 0 Å².